The zero-order valence-corrected chi connectivity index (χ0v) is 14.9. The highest BCUT2D eigenvalue weighted by Gasteiger charge is 2.49. The van der Waals surface area contributed by atoms with E-state index in [1.165, 1.54) is 11.1 Å². The molecular formula is C19H32N2O2. The number of piperidine rings is 2. The van der Waals surface area contributed by atoms with Gasteiger partial charge in [-0.15, -0.1) is 0 Å². The van der Waals surface area contributed by atoms with Crippen molar-refractivity contribution in [3.8, 4) is 0 Å². The molecule has 0 radical (unpaired) electrons. The summed E-state index contributed by atoms with van der Waals surface area (Å²) >= 11 is 0. The molecule has 0 aromatic carbocycles. The van der Waals surface area contributed by atoms with Gasteiger partial charge in [0.25, 0.3) is 0 Å². The first kappa shape index (κ1) is 18.2. The van der Waals surface area contributed by atoms with Crippen molar-refractivity contribution >= 4 is 5.91 Å². The third-order valence-corrected chi connectivity index (χ3v) is 5.19. The zero-order valence-electron chi connectivity index (χ0n) is 14.9. The molecule has 2 aliphatic rings. The first-order chi connectivity index (χ1) is 10.9. The quantitative estimate of drug-likeness (QED) is 0.766. The lowest BCUT2D eigenvalue weighted by molar-refractivity contribution is -0.148. The minimum absolute atomic E-state index is 0.0465. The number of nitrogens with zero attached hydrogens (tertiary/aromatic N) is 1. The van der Waals surface area contributed by atoms with Crippen LogP contribution < -0.4 is 5.32 Å². The maximum atomic E-state index is 12.4. The molecule has 4 heteroatoms. The molecular weight excluding hydrogens is 288 g/mol. The van der Waals surface area contributed by atoms with E-state index < -0.39 is 11.5 Å². The Bertz CT molecular complexity index is 480. The summed E-state index contributed by atoms with van der Waals surface area (Å²) in [7, 11) is 0. The second-order valence-electron chi connectivity index (χ2n) is 7.43. The summed E-state index contributed by atoms with van der Waals surface area (Å²) in [6.45, 7) is 9.62. The molecule has 2 N–H and O–H groups in total. The average Bonchev–Trinajstić information content (AvgIpc) is 2.51. The predicted octanol–water partition coefficient (Wildman–Crippen LogP) is 2.64. The van der Waals surface area contributed by atoms with Crippen LogP contribution in [-0.2, 0) is 4.79 Å². The van der Waals surface area contributed by atoms with E-state index in [4.69, 9.17) is 0 Å². The number of aliphatic hydroxyl groups is 1. The standard InChI is InChI=1S/C19H32N2O2/c1-15(2)6-4-7-16(3)8-12-21-13-9-17(22)19(14-21)10-5-11-20-18(19)23/h6,8,17,22H,4-5,7,9-14H2,1-3H3,(H,20,23)/t17-,19-/m1/s1. The van der Waals surface area contributed by atoms with Gasteiger partial charge in [0, 0.05) is 26.2 Å². The van der Waals surface area contributed by atoms with Gasteiger partial charge in [-0.05, 0) is 52.9 Å². The van der Waals surface area contributed by atoms with E-state index in [0.717, 1.165) is 45.3 Å². The number of nitrogens with one attached hydrogen (secondary N) is 1. The maximum absolute atomic E-state index is 12.4. The molecule has 0 aromatic rings. The van der Waals surface area contributed by atoms with E-state index in [9.17, 15) is 9.90 Å². The van der Waals surface area contributed by atoms with E-state index in [-0.39, 0.29) is 5.91 Å². The summed E-state index contributed by atoms with van der Waals surface area (Å²) in [5.74, 6) is 0.0465. The van der Waals surface area contributed by atoms with Gasteiger partial charge in [-0.3, -0.25) is 9.69 Å². The SMILES string of the molecule is CC(C)=CCCC(C)=CCN1CC[C@@H](O)[C@@]2(CCCNC2=O)C1. The lowest BCUT2D eigenvalue weighted by atomic mass is 9.71. The zero-order chi connectivity index (χ0) is 16.9. The summed E-state index contributed by atoms with van der Waals surface area (Å²) < 4.78 is 0. The minimum Gasteiger partial charge on any atom is -0.392 e. The van der Waals surface area contributed by atoms with Crippen molar-refractivity contribution < 1.29 is 9.90 Å². The fraction of sp³-hybridized carbons (Fsp3) is 0.737. The number of carbonyl (C=O) groups is 1. The monoisotopic (exact) mass is 320 g/mol. The first-order valence-corrected chi connectivity index (χ1v) is 8.92. The van der Waals surface area contributed by atoms with Gasteiger partial charge in [0.15, 0.2) is 0 Å². The Labute approximate surface area is 140 Å². The molecule has 1 spiro atoms. The van der Waals surface area contributed by atoms with Gasteiger partial charge >= 0.3 is 0 Å². The lowest BCUT2D eigenvalue weighted by Gasteiger charge is -2.46. The van der Waals surface area contributed by atoms with Crippen LogP contribution in [0.3, 0.4) is 0 Å². The van der Waals surface area contributed by atoms with E-state index in [1.807, 2.05) is 0 Å². The van der Waals surface area contributed by atoms with Crippen molar-refractivity contribution in [2.75, 3.05) is 26.2 Å². The molecule has 2 aliphatic heterocycles. The fourth-order valence-electron chi connectivity index (χ4n) is 3.66. The summed E-state index contributed by atoms with van der Waals surface area (Å²) in [4.78, 5) is 14.7. The van der Waals surface area contributed by atoms with E-state index in [0.29, 0.717) is 13.0 Å². The van der Waals surface area contributed by atoms with Gasteiger partial charge in [0.05, 0.1) is 11.5 Å². The number of rotatable bonds is 5. The highest BCUT2D eigenvalue weighted by Crippen LogP contribution is 2.37. The molecule has 1 amide bonds. The number of amides is 1. The van der Waals surface area contributed by atoms with Crippen LogP contribution in [0.4, 0.5) is 0 Å². The Balaban J connectivity index is 1.91. The van der Waals surface area contributed by atoms with Gasteiger partial charge in [0.2, 0.25) is 5.91 Å². The Kier molecular flexibility index (Phi) is 6.42. The molecule has 4 nitrogen and oxygen atoms in total. The van der Waals surface area contributed by atoms with Crippen LogP contribution in [0.15, 0.2) is 23.3 Å². The molecule has 0 aliphatic carbocycles. The van der Waals surface area contributed by atoms with Gasteiger partial charge in [-0.25, -0.2) is 0 Å². The van der Waals surface area contributed by atoms with Crippen molar-refractivity contribution in [2.24, 2.45) is 5.41 Å². The second kappa shape index (κ2) is 8.11. The summed E-state index contributed by atoms with van der Waals surface area (Å²) in [5, 5.41) is 13.4. The van der Waals surface area contributed by atoms with Crippen molar-refractivity contribution in [1.29, 1.82) is 0 Å². The van der Waals surface area contributed by atoms with Crippen molar-refractivity contribution in [3.63, 3.8) is 0 Å². The number of hydrogen-bond donors (Lipinski definition) is 2. The lowest BCUT2D eigenvalue weighted by Crippen LogP contribution is -2.61. The van der Waals surface area contributed by atoms with Crippen molar-refractivity contribution in [3.05, 3.63) is 23.3 Å². The second-order valence-corrected chi connectivity index (χ2v) is 7.43. The summed E-state index contributed by atoms with van der Waals surface area (Å²) in [5.41, 5.74) is 2.18. The molecule has 2 heterocycles. The van der Waals surface area contributed by atoms with Crippen molar-refractivity contribution in [2.45, 2.75) is 59.0 Å². The number of hydrogen-bond acceptors (Lipinski definition) is 3. The van der Waals surface area contributed by atoms with Gasteiger partial charge in [0.1, 0.15) is 0 Å². The Morgan fingerprint density at radius 1 is 1.39 bits per heavy atom. The fourth-order valence-corrected chi connectivity index (χ4v) is 3.66. The Morgan fingerprint density at radius 3 is 2.87 bits per heavy atom. The molecule has 2 atom stereocenters. The average molecular weight is 320 g/mol. The smallest absolute Gasteiger partial charge is 0.230 e. The van der Waals surface area contributed by atoms with Crippen LogP contribution in [0.2, 0.25) is 0 Å². The highest BCUT2D eigenvalue weighted by molar-refractivity contribution is 5.84. The van der Waals surface area contributed by atoms with E-state index in [1.54, 1.807) is 0 Å². The molecule has 2 saturated heterocycles. The molecule has 0 aromatic heterocycles. The molecule has 130 valence electrons. The highest BCUT2D eigenvalue weighted by atomic mass is 16.3. The molecule has 0 unspecified atom stereocenters. The summed E-state index contributed by atoms with van der Waals surface area (Å²) in [6.07, 6.45) is 8.71. The van der Waals surface area contributed by atoms with Crippen molar-refractivity contribution in [1.82, 2.24) is 10.2 Å². The van der Waals surface area contributed by atoms with Crippen LogP contribution in [0.5, 0.6) is 0 Å². The van der Waals surface area contributed by atoms with Crippen LogP contribution >= 0.6 is 0 Å². The largest absolute Gasteiger partial charge is 0.392 e. The Morgan fingerprint density at radius 2 is 2.17 bits per heavy atom. The maximum Gasteiger partial charge on any atom is 0.230 e. The molecule has 0 saturated carbocycles. The molecule has 0 bridgehead atoms. The number of carbonyl (C=O) groups excluding carboxylic acids is 1. The topological polar surface area (TPSA) is 52.6 Å². The normalized spacial score (nSPS) is 29.5. The predicted molar refractivity (Wildman–Crippen MR) is 94.2 cm³/mol. The van der Waals surface area contributed by atoms with Crippen LogP contribution in [0, 0.1) is 5.41 Å². The van der Waals surface area contributed by atoms with Crippen LogP contribution in [-0.4, -0.2) is 48.2 Å². The number of aliphatic hydroxyl groups excluding tert-OH is 1. The third kappa shape index (κ3) is 4.67. The summed E-state index contributed by atoms with van der Waals surface area (Å²) in [6, 6.07) is 0. The first-order valence-electron chi connectivity index (χ1n) is 8.92. The molecule has 2 rings (SSSR count). The van der Waals surface area contributed by atoms with Crippen LogP contribution in [0.25, 0.3) is 0 Å². The van der Waals surface area contributed by atoms with E-state index >= 15 is 0 Å². The third-order valence-electron chi connectivity index (χ3n) is 5.19. The van der Waals surface area contributed by atoms with E-state index in [2.05, 4.69) is 43.1 Å². The van der Waals surface area contributed by atoms with Crippen LogP contribution in [0.1, 0.15) is 52.9 Å². The Hall–Kier alpha value is -1.13. The molecule has 23 heavy (non-hydrogen) atoms. The van der Waals surface area contributed by atoms with Gasteiger partial charge < -0.3 is 10.4 Å². The number of likely N-dealkylation sites (tertiary alicyclic amines) is 1. The molecule has 2 fully saturated rings. The minimum atomic E-state index is -0.583. The van der Waals surface area contributed by atoms with Gasteiger partial charge in [-0.1, -0.05) is 23.3 Å². The number of allylic oxidation sites excluding steroid dienone is 3. The van der Waals surface area contributed by atoms with Gasteiger partial charge in [-0.2, -0.15) is 0 Å².